The molecule has 176 valence electrons. The molecule has 3 rings (SSSR count). The van der Waals surface area contributed by atoms with Gasteiger partial charge in [-0.05, 0) is 81.8 Å². The SMILES string of the molecule is Cc1ccc(OCOc2cc(C)c(O)c(C)c2)c(C(CC(C)C)c2cc(C)cc(C)c2O)c1. The van der Waals surface area contributed by atoms with Gasteiger partial charge in [-0.1, -0.05) is 49.2 Å². The fourth-order valence-corrected chi connectivity index (χ4v) is 4.38. The van der Waals surface area contributed by atoms with Crippen molar-refractivity contribution < 1.29 is 19.7 Å². The van der Waals surface area contributed by atoms with Crippen molar-refractivity contribution >= 4 is 0 Å². The molecule has 0 amide bonds. The lowest BCUT2D eigenvalue weighted by molar-refractivity contribution is 0.118. The molecular weight excluding hydrogens is 412 g/mol. The summed E-state index contributed by atoms with van der Waals surface area (Å²) in [5, 5.41) is 20.9. The number of phenolic OH excluding ortho intramolecular Hbond substituents is 2. The average Bonchev–Trinajstić information content (AvgIpc) is 2.74. The minimum atomic E-state index is -0.00309. The first-order chi connectivity index (χ1) is 15.6. The third-order valence-electron chi connectivity index (χ3n) is 6.00. The quantitative estimate of drug-likeness (QED) is 0.357. The third-order valence-corrected chi connectivity index (χ3v) is 6.00. The van der Waals surface area contributed by atoms with Gasteiger partial charge in [0.25, 0.3) is 0 Å². The van der Waals surface area contributed by atoms with E-state index in [2.05, 4.69) is 39.8 Å². The molecule has 1 atom stereocenters. The number of aromatic hydroxyl groups is 2. The lowest BCUT2D eigenvalue weighted by atomic mass is 9.82. The van der Waals surface area contributed by atoms with Gasteiger partial charge >= 0.3 is 0 Å². The van der Waals surface area contributed by atoms with Crippen molar-refractivity contribution in [3.8, 4) is 23.0 Å². The van der Waals surface area contributed by atoms with E-state index >= 15 is 0 Å². The standard InChI is InChI=1S/C29H36O4/c1-17(2)10-24(26-13-19(4)11-20(5)29(26)31)25-12-18(3)8-9-27(25)33-16-32-23-14-21(6)28(30)22(7)15-23/h8-9,11-15,17,24,30-31H,10,16H2,1-7H3. The Morgan fingerprint density at radius 2 is 1.30 bits per heavy atom. The van der Waals surface area contributed by atoms with Crippen molar-refractivity contribution in [2.75, 3.05) is 6.79 Å². The summed E-state index contributed by atoms with van der Waals surface area (Å²) in [7, 11) is 0. The van der Waals surface area contributed by atoms with Crippen molar-refractivity contribution in [2.45, 2.75) is 60.8 Å². The second-order valence-electron chi connectivity index (χ2n) is 9.56. The number of ether oxygens (including phenoxy) is 2. The molecule has 3 aromatic rings. The van der Waals surface area contributed by atoms with E-state index in [9.17, 15) is 10.2 Å². The van der Waals surface area contributed by atoms with Gasteiger partial charge in [0.1, 0.15) is 23.0 Å². The molecule has 2 N–H and O–H groups in total. The van der Waals surface area contributed by atoms with Crippen LogP contribution in [0.2, 0.25) is 0 Å². The van der Waals surface area contributed by atoms with E-state index in [1.165, 1.54) is 0 Å². The Morgan fingerprint density at radius 3 is 1.94 bits per heavy atom. The number of phenols is 2. The highest BCUT2D eigenvalue weighted by Gasteiger charge is 2.24. The second kappa shape index (κ2) is 10.2. The maximum atomic E-state index is 10.9. The molecule has 33 heavy (non-hydrogen) atoms. The molecule has 3 aromatic carbocycles. The summed E-state index contributed by atoms with van der Waals surface area (Å²) >= 11 is 0. The van der Waals surface area contributed by atoms with Gasteiger partial charge in [0.05, 0.1) is 0 Å². The van der Waals surface area contributed by atoms with Gasteiger partial charge in [-0.15, -0.1) is 0 Å². The molecule has 0 radical (unpaired) electrons. The van der Waals surface area contributed by atoms with E-state index in [1.54, 1.807) is 12.1 Å². The normalized spacial score (nSPS) is 12.1. The van der Waals surface area contributed by atoms with Crippen molar-refractivity contribution in [1.82, 2.24) is 0 Å². The van der Waals surface area contributed by atoms with Crippen LogP contribution < -0.4 is 9.47 Å². The highest BCUT2D eigenvalue weighted by molar-refractivity contribution is 5.52. The zero-order valence-corrected chi connectivity index (χ0v) is 20.8. The first kappa shape index (κ1) is 24.5. The highest BCUT2D eigenvalue weighted by atomic mass is 16.7. The monoisotopic (exact) mass is 448 g/mol. The van der Waals surface area contributed by atoms with Crippen LogP contribution in [0, 0.1) is 40.5 Å². The van der Waals surface area contributed by atoms with Gasteiger partial charge in [-0.2, -0.15) is 0 Å². The first-order valence-corrected chi connectivity index (χ1v) is 11.5. The van der Waals surface area contributed by atoms with E-state index in [0.717, 1.165) is 51.1 Å². The molecule has 0 heterocycles. The van der Waals surface area contributed by atoms with Crippen LogP contribution in [0.3, 0.4) is 0 Å². The predicted octanol–water partition coefficient (Wildman–Crippen LogP) is 7.23. The molecule has 0 aliphatic heterocycles. The maximum absolute atomic E-state index is 10.9. The summed E-state index contributed by atoms with van der Waals surface area (Å²) in [6.45, 7) is 14.2. The molecule has 0 aliphatic rings. The maximum Gasteiger partial charge on any atom is 0.230 e. The van der Waals surface area contributed by atoms with Crippen LogP contribution in [0.15, 0.2) is 42.5 Å². The largest absolute Gasteiger partial charge is 0.507 e. The lowest BCUT2D eigenvalue weighted by Crippen LogP contribution is -2.12. The number of hydrogen-bond donors (Lipinski definition) is 2. The van der Waals surface area contributed by atoms with E-state index < -0.39 is 0 Å². The Morgan fingerprint density at radius 1 is 0.697 bits per heavy atom. The molecule has 0 saturated carbocycles. The van der Waals surface area contributed by atoms with Crippen LogP contribution in [0.4, 0.5) is 0 Å². The van der Waals surface area contributed by atoms with Crippen molar-refractivity contribution in [1.29, 1.82) is 0 Å². The van der Waals surface area contributed by atoms with Crippen LogP contribution in [0.1, 0.15) is 65.1 Å². The summed E-state index contributed by atoms with van der Waals surface area (Å²) in [4.78, 5) is 0. The molecule has 0 saturated heterocycles. The Balaban J connectivity index is 1.94. The highest BCUT2D eigenvalue weighted by Crippen LogP contribution is 2.42. The summed E-state index contributed by atoms with van der Waals surface area (Å²) in [5.41, 5.74) is 6.67. The van der Waals surface area contributed by atoms with E-state index in [0.29, 0.717) is 17.4 Å². The van der Waals surface area contributed by atoms with Gasteiger partial charge < -0.3 is 19.7 Å². The molecule has 4 nitrogen and oxygen atoms in total. The lowest BCUT2D eigenvalue weighted by Gasteiger charge is -2.25. The van der Waals surface area contributed by atoms with Crippen molar-refractivity contribution in [2.24, 2.45) is 5.92 Å². The molecule has 0 spiro atoms. The molecule has 4 heteroatoms. The fourth-order valence-electron chi connectivity index (χ4n) is 4.38. The Kier molecular flexibility index (Phi) is 7.57. The van der Waals surface area contributed by atoms with E-state index in [-0.39, 0.29) is 18.5 Å². The van der Waals surface area contributed by atoms with Gasteiger partial charge in [-0.3, -0.25) is 0 Å². The third kappa shape index (κ3) is 5.81. The number of hydrogen-bond acceptors (Lipinski definition) is 4. The number of benzene rings is 3. The van der Waals surface area contributed by atoms with Gasteiger partial charge in [0, 0.05) is 17.0 Å². The van der Waals surface area contributed by atoms with E-state index in [1.807, 2.05) is 39.0 Å². The summed E-state index contributed by atoms with van der Waals surface area (Å²) in [5.74, 6) is 2.47. The van der Waals surface area contributed by atoms with Crippen LogP contribution in [0.25, 0.3) is 0 Å². The molecule has 0 aromatic heterocycles. The number of aryl methyl sites for hydroxylation is 5. The Labute approximate surface area is 197 Å². The van der Waals surface area contributed by atoms with Gasteiger partial charge in [0.2, 0.25) is 6.79 Å². The van der Waals surface area contributed by atoms with Crippen LogP contribution in [-0.4, -0.2) is 17.0 Å². The van der Waals surface area contributed by atoms with Crippen LogP contribution in [-0.2, 0) is 0 Å². The van der Waals surface area contributed by atoms with Gasteiger partial charge in [0.15, 0.2) is 0 Å². The topological polar surface area (TPSA) is 58.9 Å². The van der Waals surface area contributed by atoms with Crippen molar-refractivity contribution in [3.63, 3.8) is 0 Å². The molecule has 0 fully saturated rings. The first-order valence-electron chi connectivity index (χ1n) is 11.5. The van der Waals surface area contributed by atoms with Crippen LogP contribution in [0.5, 0.6) is 23.0 Å². The Hall–Kier alpha value is -3.14. The summed E-state index contributed by atoms with van der Waals surface area (Å²) < 4.78 is 12.0. The summed E-state index contributed by atoms with van der Waals surface area (Å²) in [6.07, 6.45) is 0.882. The van der Waals surface area contributed by atoms with Crippen molar-refractivity contribution in [3.05, 3.63) is 81.4 Å². The smallest absolute Gasteiger partial charge is 0.230 e. The molecule has 0 aliphatic carbocycles. The predicted molar refractivity (Wildman–Crippen MR) is 134 cm³/mol. The Bertz CT molecular complexity index is 1110. The molecule has 1 unspecified atom stereocenters. The molecular formula is C29H36O4. The zero-order chi connectivity index (χ0) is 24.3. The minimum absolute atomic E-state index is 0.00309. The van der Waals surface area contributed by atoms with Crippen LogP contribution >= 0.6 is 0 Å². The van der Waals surface area contributed by atoms with Gasteiger partial charge in [-0.25, -0.2) is 0 Å². The minimum Gasteiger partial charge on any atom is -0.507 e. The second-order valence-corrected chi connectivity index (χ2v) is 9.56. The zero-order valence-electron chi connectivity index (χ0n) is 20.8. The van der Waals surface area contributed by atoms with E-state index in [4.69, 9.17) is 9.47 Å². The summed E-state index contributed by atoms with van der Waals surface area (Å²) in [6, 6.07) is 13.9. The average molecular weight is 449 g/mol. The fraction of sp³-hybridized carbons (Fsp3) is 0.379. The molecule has 0 bridgehead atoms. The number of rotatable bonds is 8.